The van der Waals surface area contributed by atoms with Crippen molar-refractivity contribution in [3.63, 3.8) is 0 Å². The predicted molar refractivity (Wildman–Crippen MR) is 98.4 cm³/mol. The lowest BCUT2D eigenvalue weighted by molar-refractivity contribution is 0.213. The van der Waals surface area contributed by atoms with Crippen molar-refractivity contribution in [3.8, 4) is 12.0 Å². The maximum absolute atomic E-state index is 11.1. The molecule has 0 saturated heterocycles. The summed E-state index contributed by atoms with van der Waals surface area (Å²) in [5.74, 6) is 0. The molecule has 0 fully saturated rings. The quantitative estimate of drug-likeness (QED) is 0.558. The number of carbonyl (C=O) groups is 1. The van der Waals surface area contributed by atoms with E-state index in [0.717, 1.165) is 0 Å². The van der Waals surface area contributed by atoms with Gasteiger partial charge in [0.25, 0.3) is 0 Å². The molecule has 0 aromatic carbocycles. The summed E-state index contributed by atoms with van der Waals surface area (Å²) in [6.45, 7) is 11.3. The molecule has 7 heteroatoms. The molecule has 0 aliphatic heterocycles. The van der Waals surface area contributed by atoms with Crippen molar-refractivity contribution in [2.24, 2.45) is 0 Å². The fourth-order valence-corrected chi connectivity index (χ4v) is 12.5. The lowest BCUT2D eigenvalue weighted by atomic mass is 11.4. The van der Waals surface area contributed by atoms with Crippen molar-refractivity contribution >= 4 is 30.8 Å². The summed E-state index contributed by atoms with van der Waals surface area (Å²) in [4.78, 5) is 11.1. The van der Waals surface area contributed by atoms with Crippen molar-refractivity contribution in [2.75, 3.05) is 0 Å². The molecular weight excluding hydrogens is 304 g/mol. The zero-order valence-corrected chi connectivity index (χ0v) is 13.7. The van der Waals surface area contributed by atoms with Gasteiger partial charge in [-0.25, -0.2) is 0 Å². The Balaban J connectivity index is -0.000000187. The van der Waals surface area contributed by atoms with Crippen molar-refractivity contribution in [2.45, 2.75) is 69.0 Å². The second-order valence-corrected chi connectivity index (χ2v) is 16.6. The Morgan fingerprint density at radius 2 is 1.30 bits per heavy atom. The molecule has 0 radical (unpaired) electrons. The Morgan fingerprint density at radius 1 is 0.950 bits per heavy atom. The second-order valence-electron chi connectivity index (χ2n) is 5.20. The topological polar surface area (TPSA) is 55.8 Å². The van der Waals surface area contributed by atoms with Gasteiger partial charge in [-0.2, -0.15) is 0 Å². The molecular formula is C13H36O4Si3. The van der Waals surface area contributed by atoms with Gasteiger partial charge in [0.15, 0.2) is 8.32 Å². The first kappa shape index (κ1) is 31.8. The SMILES string of the molecule is C.C.C.C.C#C[Si](C)(O[Si](C)(C)O[Si](C)(C)C)C(=O)O. The second kappa shape index (κ2) is 10.3. The largest absolute Gasteiger partial charge is 0.483 e. The summed E-state index contributed by atoms with van der Waals surface area (Å²) in [5.41, 5.74) is 1.29. The van der Waals surface area contributed by atoms with Crippen molar-refractivity contribution < 1.29 is 18.1 Å². The molecule has 1 unspecified atom stereocenters. The van der Waals surface area contributed by atoms with Crippen LogP contribution < -0.4 is 0 Å². The summed E-state index contributed by atoms with van der Waals surface area (Å²) in [5, 5.41) is 9.07. The lowest BCUT2D eigenvalue weighted by Gasteiger charge is -2.34. The Morgan fingerprint density at radius 3 is 1.50 bits per heavy atom. The van der Waals surface area contributed by atoms with Crippen LogP contribution in [0.4, 0.5) is 4.79 Å². The van der Waals surface area contributed by atoms with Gasteiger partial charge in [-0.1, -0.05) is 35.3 Å². The molecule has 0 saturated carbocycles. The molecule has 0 aromatic rings. The Labute approximate surface area is 130 Å². The minimum Gasteiger partial charge on any atom is -0.483 e. The van der Waals surface area contributed by atoms with Gasteiger partial charge in [0.1, 0.15) is 0 Å². The third-order valence-corrected chi connectivity index (χ3v) is 11.1. The molecule has 0 amide bonds. The highest BCUT2D eigenvalue weighted by Crippen LogP contribution is 2.20. The van der Waals surface area contributed by atoms with Crippen LogP contribution in [-0.4, -0.2) is 35.9 Å². The fourth-order valence-electron chi connectivity index (χ4n) is 1.38. The van der Waals surface area contributed by atoms with E-state index in [9.17, 15) is 4.79 Å². The zero-order chi connectivity index (χ0) is 13.2. The number of hydrogen-bond donors (Lipinski definition) is 1. The Hall–Kier alpha value is -0.399. The van der Waals surface area contributed by atoms with Gasteiger partial charge in [0.2, 0.25) is 0 Å². The highest BCUT2D eigenvalue weighted by atomic mass is 28.5. The molecule has 0 heterocycles. The maximum atomic E-state index is 11.1. The van der Waals surface area contributed by atoms with E-state index in [-0.39, 0.29) is 29.7 Å². The highest BCUT2D eigenvalue weighted by Gasteiger charge is 2.45. The van der Waals surface area contributed by atoms with Crippen LogP contribution >= 0.6 is 0 Å². The van der Waals surface area contributed by atoms with Crippen LogP contribution in [0.2, 0.25) is 39.3 Å². The normalized spacial score (nSPS) is 13.1. The molecule has 0 rings (SSSR count). The minimum absolute atomic E-state index is 0. The summed E-state index contributed by atoms with van der Waals surface area (Å²) in [7, 11) is -7.33. The van der Waals surface area contributed by atoms with Crippen molar-refractivity contribution in [3.05, 3.63) is 0 Å². The van der Waals surface area contributed by atoms with E-state index >= 15 is 0 Å². The molecule has 124 valence electrons. The minimum atomic E-state index is -3.13. The number of carboxylic acid groups (broad SMARTS) is 1. The average Bonchev–Trinajstić information content (AvgIpc) is 1.97. The molecule has 1 atom stereocenters. The van der Waals surface area contributed by atoms with Crippen LogP contribution in [0, 0.1) is 12.0 Å². The van der Waals surface area contributed by atoms with Crippen LogP contribution in [0.15, 0.2) is 0 Å². The third-order valence-electron chi connectivity index (χ3n) is 1.69. The average molecular weight is 341 g/mol. The van der Waals surface area contributed by atoms with E-state index in [0.29, 0.717) is 0 Å². The molecule has 4 nitrogen and oxygen atoms in total. The molecule has 20 heavy (non-hydrogen) atoms. The van der Waals surface area contributed by atoms with Gasteiger partial charge >= 0.3 is 22.5 Å². The van der Waals surface area contributed by atoms with Gasteiger partial charge in [0, 0.05) is 0 Å². The van der Waals surface area contributed by atoms with E-state index in [1.54, 1.807) is 0 Å². The van der Waals surface area contributed by atoms with Crippen LogP contribution in [0.3, 0.4) is 0 Å². The van der Waals surface area contributed by atoms with E-state index < -0.39 is 30.8 Å². The summed E-state index contributed by atoms with van der Waals surface area (Å²) in [6.07, 6.45) is 5.26. The van der Waals surface area contributed by atoms with E-state index in [1.807, 2.05) is 32.7 Å². The van der Waals surface area contributed by atoms with Gasteiger partial charge in [0.05, 0.1) is 0 Å². The van der Waals surface area contributed by atoms with Crippen molar-refractivity contribution in [1.82, 2.24) is 0 Å². The summed E-state index contributed by atoms with van der Waals surface area (Å²) >= 11 is 0. The van der Waals surface area contributed by atoms with Crippen molar-refractivity contribution in [1.29, 1.82) is 0 Å². The van der Waals surface area contributed by atoms with Crippen LogP contribution in [0.25, 0.3) is 0 Å². The maximum Gasteiger partial charge on any atom is 0.384 e. The zero-order valence-electron chi connectivity index (χ0n) is 10.7. The Kier molecular flexibility index (Phi) is 16.5. The highest BCUT2D eigenvalue weighted by molar-refractivity contribution is 7.08. The smallest absolute Gasteiger partial charge is 0.384 e. The monoisotopic (exact) mass is 340 g/mol. The van der Waals surface area contributed by atoms with Gasteiger partial charge in [-0.3, -0.25) is 4.79 Å². The molecule has 1 N–H and O–H groups in total. The third kappa shape index (κ3) is 11.4. The number of hydrogen-bond acceptors (Lipinski definition) is 3. The molecule has 0 aliphatic carbocycles. The molecule has 0 aliphatic rings. The van der Waals surface area contributed by atoms with E-state index in [4.69, 9.17) is 19.8 Å². The van der Waals surface area contributed by atoms with Crippen LogP contribution in [0.1, 0.15) is 29.7 Å². The first-order valence-corrected chi connectivity index (χ1v) is 13.7. The number of rotatable bonds is 5. The van der Waals surface area contributed by atoms with Gasteiger partial charge in [-0.15, -0.1) is 6.42 Å². The van der Waals surface area contributed by atoms with E-state index in [1.165, 1.54) is 6.55 Å². The standard InChI is InChI=1S/C9H20O4Si3.4CH4/c1-8-16(7,9(10)11)13-15(5,6)12-14(2,3)4;;;;/h1H,2-7H3,(H,10,11);4*1H4. The molecule has 0 bridgehead atoms. The van der Waals surface area contributed by atoms with E-state index in [2.05, 4.69) is 5.54 Å². The van der Waals surface area contributed by atoms with Gasteiger partial charge < -0.3 is 13.3 Å². The molecule has 0 spiro atoms. The molecule has 0 aromatic heterocycles. The first-order chi connectivity index (χ1) is 6.92. The predicted octanol–water partition coefficient (Wildman–Crippen LogP) is 5.11. The Bertz CT molecular complexity index is 319. The summed E-state index contributed by atoms with van der Waals surface area (Å²) in [6, 6.07) is 0. The van der Waals surface area contributed by atoms with Crippen LogP contribution in [0.5, 0.6) is 0 Å². The summed E-state index contributed by atoms with van der Waals surface area (Å²) < 4.78 is 11.6. The van der Waals surface area contributed by atoms with Crippen LogP contribution in [-0.2, 0) is 8.23 Å². The fraction of sp³-hybridized carbons (Fsp3) is 0.769. The number of terminal acetylenes is 1. The lowest BCUT2D eigenvalue weighted by Crippen LogP contribution is -2.55. The first-order valence-electron chi connectivity index (χ1n) is 5.03. The van der Waals surface area contributed by atoms with Gasteiger partial charge in [-0.05, 0) is 39.3 Å².